The molecule has 0 aromatic heterocycles. The van der Waals surface area contributed by atoms with Crippen LogP contribution in [0.3, 0.4) is 0 Å². The molecule has 0 radical (unpaired) electrons. The molecule has 0 saturated heterocycles. The second kappa shape index (κ2) is 5.72. The standard InChI is InChI=1S/C16H24O3/c1-12(2)7-8-14(18)19-11-13(17)16(5)10-6-9-15(16,3)4/h6-7,9H,8,10-11H2,1-5H3/t16-/m0/s1. The first kappa shape index (κ1) is 15.7. The first-order valence-electron chi connectivity index (χ1n) is 6.69. The molecule has 0 aliphatic heterocycles. The Hall–Kier alpha value is -1.38. The van der Waals surface area contributed by atoms with E-state index in [-0.39, 0.29) is 30.2 Å². The predicted molar refractivity (Wildman–Crippen MR) is 75.7 cm³/mol. The molecule has 1 rings (SSSR count). The highest BCUT2D eigenvalue weighted by Gasteiger charge is 2.47. The number of hydrogen-bond acceptors (Lipinski definition) is 3. The van der Waals surface area contributed by atoms with Crippen LogP contribution in [0.25, 0.3) is 0 Å². The fourth-order valence-electron chi connectivity index (χ4n) is 2.16. The average Bonchev–Trinajstić information content (AvgIpc) is 2.59. The van der Waals surface area contributed by atoms with Gasteiger partial charge in [-0.05, 0) is 25.7 Å². The van der Waals surface area contributed by atoms with Gasteiger partial charge in [0.1, 0.15) is 0 Å². The van der Waals surface area contributed by atoms with Crippen LogP contribution in [-0.4, -0.2) is 18.4 Å². The van der Waals surface area contributed by atoms with E-state index in [4.69, 9.17) is 4.74 Å². The Labute approximate surface area is 115 Å². The third-order valence-electron chi connectivity index (χ3n) is 4.14. The molecular formula is C16H24O3. The largest absolute Gasteiger partial charge is 0.457 e. The van der Waals surface area contributed by atoms with E-state index in [0.29, 0.717) is 6.42 Å². The van der Waals surface area contributed by atoms with Crippen molar-refractivity contribution in [2.45, 2.75) is 47.5 Å². The van der Waals surface area contributed by atoms with Crippen molar-refractivity contribution >= 4 is 11.8 Å². The molecule has 0 amide bonds. The lowest BCUT2D eigenvalue weighted by Crippen LogP contribution is -2.40. The zero-order valence-corrected chi connectivity index (χ0v) is 12.6. The summed E-state index contributed by atoms with van der Waals surface area (Å²) in [6, 6.07) is 0. The van der Waals surface area contributed by atoms with Gasteiger partial charge in [0.05, 0.1) is 6.42 Å². The minimum atomic E-state index is -0.468. The van der Waals surface area contributed by atoms with Crippen molar-refractivity contribution in [2.75, 3.05) is 6.61 Å². The smallest absolute Gasteiger partial charge is 0.310 e. The number of carbonyl (C=O) groups excluding carboxylic acids is 2. The molecular weight excluding hydrogens is 240 g/mol. The van der Waals surface area contributed by atoms with Crippen LogP contribution < -0.4 is 0 Å². The van der Waals surface area contributed by atoms with Crippen LogP contribution >= 0.6 is 0 Å². The molecule has 0 saturated carbocycles. The highest BCUT2D eigenvalue weighted by molar-refractivity contribution is 5.89. The first-order valence-corrected chi connectivity index (χ1v) is 6.69. The summed E-state index contributed by atoms with van der Waals surface area (Å²) in [5.74, 6) is -0.352. The Balaban J connectivity index is 2.53. The van der Waals surface area contributed by atoms with Crippen molar-refractivity contribution in [2.24, 2.45) is 10.8 Å². The second-order valence-corrected chi connectivity index (χ2v) is 6.23. The molecule has 0 aromatic carbocycles. The molecule has 0 fully saturated rings. The lowest BCUT2D eigenvalue weighted by atomic mass is 9.66. The van der Waals surface area contributed by atoms with E-state index in [1.54, 1.807) is 6.08 Å². The van der Waals surface area contributed by atoms with Gasteiger partial charge in [-0.1, -0.05) is 44.6 Å². The van der Waals surface area contributed by atoms with Crippen molar-refractivity contribution in [3.63, 3.8) is 0 Å². The van der Waals surface area contributed by atoms with Gasteiger partial charge in [0, 0.05) is 5.41 Å². The fraction of sp³-hybridized carbons (Fsp3) is 0.625. The molecule has 0 N–H and O–H groups in total. The topological polar surface area (TPSA) is 43.4 Å². The van der Waals surface area contributed by atoms with Crippen LogP contribution in [0.2, 0.25) is 0 Å². The second-order valence-electron chi connectivity index (χ2n) is 6.23. The van der Waals surface area contributed by atoms with Crippen molar-refractivity contribution in [1.82, 2.24) is 0 Å². The minimum Gasteiger partial charge on any atom is -0.457 e. The van der Waals surface area contributed by atoms with E-state index in [0.717, 1.165) is 5.57 Å². The lowest BCUT2D eigenvalue weighted by molar-refractivity contribution is -0.151. The molecule has 1 aliphatic rings. The molecule has 19 heavy (non-hydrogen) atoms. The van der Waals surface area contributed by atoms with Crippen molar-refractivity contribution in [1.29, 1.82) is 0 Å². The van der Waals surface area contributed by atoms with Crippen molar-refractivity contribution in [3.8, 4) is 0 Å². The summed E-state index contributed by atoms with van der Waals surface area (Å²) in [4.78, 5) is 23.8. The number of ether oxygens (including phenoxy) is 1. The Morgan fingerprint density at radius 2 is 1.89 bits per heavy atom. The number of hydrogen-bond donors (Lipinski definition) is 0. The highest BCUT2D eigenvalue weighted by Crippen LogP contribution is 2.48. The molecule has 3 heteroatoms. The minimum absolute atomic E-state index is 0.00644. The van der Waals surface area contributed by atoms with Gasteiger partial charge in [-0.25, -0.2) is 0 Å². The van der Waals surface area contributed by atoms with E-state index in [1.165, 1.54) is 0 Å². The average molecular weight is 264 g/mol. The number of Topliss-reactive ketones (excluding diaryl/α,β-unsaturated/α-hetero) is 1. The van der Waals surface area contributed by atoms with Gasteiger partial charge in [-0.3, -0.25) is 9.59 Å². The number of carbonyl (C=O) groups is 2. The Morgan fingerprint density at radius 3 is 2.37 bits per heavy atom. The van der Waals surface area contributed by atoms with Crippen LogP contribution in [0.15, 0.2) is 23.8 Å². The molecule has 0 bridgehead atoms. The summed E-state index contributed by atoms with van der Waals surface area (Å²) in [6.07, 6.45) is 6.84. The summed E-state index contributed by atoms with van der Waals surface area (Å²) >= 11 is 0. The monoisotopic (exact) mass is 264 g/mol. The third kappa shape index (κ3) is 3.55. The molecule has 0 unspecified atom stereocenters. The molecule has 0 aromatic rings. The summed E-state index contributed by atoms with van der Waals surface area (Å²) in [6.45, 7) is 9.74. The molecule has 3 nitrogen and oxygen atoms in total. The van der Waals surface area contributed by atoms with Gasteiger partial charge in [0.15, 0.2) is 12.4 Å². The number of rotatable bonds is 5. The van der Waals surface area contributed by atoms with E-state index in [1.807, 2.05) is 40.7 Å². The Morgan fingerprint density at radius 1 is 1.26 bits per heavy atom. The summed E-state index contributed by atoms with van der Waals surface area (Å²) in [7, 11) is 0. The van der Waals surface area contributed by atoms with Gasteiger partial charge < -0.3 is 4.74 Å². The number of ketones is 1. The zero-order valence-electron chi connectivity index (χ0n) is 12.6. The quantitative estimate of drug-likeness (QED) is 0.564. The van der Waals surface area contributed by atoms with Gasteiger partial charge in [-0.15, -0.1) is 0 Å². The fourth-order valence-corrected chi connectivity index (χ4v) is 2.16. The number of allylic oxidation sites excluding steroid dienone is 3. The molecule has 1 aliphatic carbocycles. The van der Waals surface area contributed by atoms with Crippen molar-refractivity contribution in [3.05, 3.63) is 23.8 Å². The Bertz CT molecular complexity index is 425. The molecule has 1 atom stereocenters. The van der Waals surface area contributed by atoms with E-state index >= 15 is 0 Å². The summed E-state index contributed by atoms with van der Waals surface area (Å²) in [5, 5.41) is 0. The molecule has 0 heterocycles. The van der Waals surface area contributed by atoms with E-state index in [2.05, 4.69) is 6.08 Å². The first-order chi connectivity index (χ1) is 8.69. The summed E-state index contributed by atoms with van der Waals surface area (Å²) in [5.41, 5.74) is 0.413. The summed E-state index contributed by atoms with van der Waals surface area (Å²) < 4.78 is 5.06. The van der Waals surface area contributed by atoms with Crippen LogP contribution in [0, 0.1) is 10.8 Å². The number of esters is 1. The highest BCUT2D eigenvalue weighted by atomic mass is 16.5. The normalized spacial score (nSPS) is 24.1. The van der Waals surface area contributed by atoms with Gasteiger partial charge >= 0.3 is 5.97 Å². The van der Waals surface area contributed by atoms with Gasteiger partial charge in [0.2, 0.25) is 0 Å². The molecule has 0 spiro atoms. The van der Waals surface area contributed by atoms with Gasteiger partial charge in [0.25, 0.3) is 0 Å². The zero-order chi connectivity index (χ0) is 14.7. The van der Waals surface area contributed by atoms with Crippen LogP contribution in [0.4, 0.5) is 0 Å². The van der Waals surface area contributed by atoms with Crippen molar-refractivity contribution < 1.29 is 14.3 Å². The van der Waals surface area contributed by atoms with Crippen LogP contribution in [0.1, 0.15) is 47.5 Å². The Kier molecular flexibility index (Phi) is 4.72. The van der Waals surface area contributed by atoms with Crippen LogP contribution in [0.5, 0.6) is 0 Å². The lowest BCUT2D eigenvalue weighted by Gasteiger charge is -2.36. The molecule has 106 valence electrons. The maximum absolute atomic E-state index is 12.3. The maximum atomic E-state index is 12.3. The maximum Gasteiger partial charge on any atom is 0.310 e. The predicted octanol–water partition coefficient (Wildman–Crippen LogP) is 3.45. The van der Waals surface area contributed by atoms with E-state index in [9.17, 15) is 9.59 Å². The third-order valence-corrected chi connectivity index (χ3v) is 4.14. The van der Waals surface area contributed by atoms with Gasteiger partial charge in [-0.2, -0.15) is 0 Å². The van der Waals surface area contributed by atoms with Crippen LogP contribution in [-0.2, 0) is 14.3 Å². The SMILES string of the molecule is CC(C)=CCC(=O)OCC(=O)[C@]1(C)CC=CC1(C)C. The van der Waals surface area contributed by atoms with E-state index < -0.39 is 5.41 Å².